The number of nitrogens with zero attached hydrogens (tertiary/aromatic N) is 2. The van der Waals surface area contributed by atoms with Crippen LogP contribution in [0.5, 0.6) is 0 Å². The van der Waals surface area contributed by atoms with Gasteiger partial charge in [-0.25, -0.2) is 4.98 Å². The quantitative estimate of drug-likeness (QED) is 0.560. The summed E-state index contributed by atoms with van der Waals surface area (Å²) in [5, 5.41) is 0.960. The monoisotopic (exact) mass is 402 g/mol. The van der Waals surface area contributed by atoms with E-state index in [-0.39, 0.29) is 5.91 Å². The van der Waals surface area contributed by atoms with Crippen LogP contribution in [0.4, 0.5) is 0 Å². The van der Waals surface area contributed by atoms with Crippen LogP contribution in [0.1, 0.15) is 31.7 Å². The Kier molecular flexibility index (Phi) is 5.11. The van der Waals surface area contributed by atoms with Gasteiger partial charge in [-0.3, -0.25) is 4.79 Å². The molecule has 2 heterocycles. The normalized spacial score (nSPS) is 17.4. The lowest BCUT2D eigenvalue weighted by Gasteiger charge is -2.33. The Labute approximate surface area is 168 Å². The smallest absolute Gasteiger partial charge is 0.227 e. The molecular weight excluding hydrogens is 383 g/mol. The third-order valence-electron chi connectivity index (χ3n) is 5.09. The number of likely N-dealkylation sites (tertiary alicyclic amines) is 1. The summed E-state index contributed by atoms with van der Waals surface area (Å²) in [7, 11) is 0. The van der Waals surface area contributed by atoms with Crippen LogP contribution in [-0.2, 0) is 11.2 Å². The zero-order valence-electron chi connectivity index (χ0n) is 15.0. The van der Waals surface area contributed by atoms with Gasteiger partial charge in [0, 0.05) is 23.2 Å². The number of oxazole rings is 1. The highest BCUT2D eigenvalue weighted by atomic mass is 35.5. The number of hydrogen-bond donors (Lipinski definition) is 0. The van der Waals surface area contributed by atoms with Gasteiger partial charge in [0.05, 0.1) is 11.4 Å². The van der Waals surface area contributed by atoms with Gasteiger partial charge in [0.2, 0.25) is 11.8 Å². The van der Waals surface area contributed by atoms with Gasteiger partial charge in [0.15, 0.2) is 5.58 Å². The molecule has 1 amide bonds. The molecule has 0 aliphatic carbocycles. The molecule has 4 nitrogen and oxygen atoms in total. The second-order valence-electron chi connectivity index (χ2n) is 7.06. The van der Waals surface area contributed by atoms with Crippen LogP contribution in [0.25, 0.3) is 22.6 Å². The SMILES string of the molecule is CC1CCCCN1C(=O)Cc1ccc(-c2nc3cc(Cl)cc(Cl)c3o2)cc1. The van der Waals surface area contributed by atoms with Crippen LogP contribution >= 0.6 is 23.2 Å². The number of benzene rings is 2. The molecule has 0 N–H and O–H groups in total. The predicted molar refractivity (Wildman–Crippen MR) is 108 cm³/mol. The lowest BCUT2D eigenvalue weighted by atomic mass is 10.0. The first kappa shape index (κ1) is 18.3. The van der Waals surface area contributed by atoms with Crippen LogP contribution in [0.15, 0.2) is 40.8 Å². The van der Waals surface area contributed by atoms with E-state index in [9.17, 15) is 4.79 Å². The number of aromatic nitrogens is 1. The molecule has 1 fully saturated rings. The summed E-state index contributed by atoms with van der Waals surface area (Å²) in [4.78, 5) is 19.1. The molecule has 3 aromatic rings. The highest BCUT2D eigenvalue weighted by Crippen LogP contribution is 2.32. The van der Waals surface area contributed by atoms with Crippen LogP contribution in [-0.4, -0.2) is 28.4 Å². The van der Waals surface area contributed by atoms with Gasteiger partial charge in [0.25, 0.3) is 0 Å². The van der Waals surface area contributed by atoms with Crippen molar-refractivity contribution < 1.29 is 9.21 Å². The first-order valence-electron chi connectivity index (χ1n) is 9.15. The number of halogens is 2. The first-order chi connectivity index (χ1) is 13.0. The second-order valence-corrected chi connectivity index (χ2v) is 7.90. The summed E-state index contributed by atoms with van der Waals surface area (Å²) >= 11 is 12.2. The molecule has 0 spiro atoms. The maximum Gasteiger partial charge on any atom is 0.227 e. The van der Waals surface area contributed by atoms with E-state index in [1.54, 1.807) is 12.1 Å². The van der Waals surface area contributed by atoms with E-state index < -0.39 is 0 Å². The van der Waals surface area contributed by atoms with E-state index in [1.165, 1.54) is 6.42 Å². The van der Waals surface area contributed by atoms with E-state index in [0.717, 1.165) is 30.5 Å². The minimum Gasteiger partial charge on any atom is -0.435 e. The summed E-state index contributed by atoms with van der Waals surface area (Å²) in [5.74, 6) is 0.676. The molecule has 1 aliphatic heterocycles. The first-order valence-corrected chi connectivity index (χ1v) is 9.91. The van der Waals surface area contributed by atoms with E-state index in [4.69, 9.17) is 27.6 Å². The average molecular weight is 403 g/mol. The molecule has 1 aromatic heterocycles. The summed E-state index contributed by atoms with van der Waals surface area (Å²) in [6.07, 6.45) is 3.81. The van der Waals surface area contributed by atoms with Crippen molar-refractivity contribution in [3.05, 3.63) is 52.0 Å². The summed E-state index contributed by atoms with van der Waals surface area (Å²) < 4.78 is 5.79. The van der Waals surface area contributed by atoms with Crippen molar-refractivity contribution in [2.45, 2.75) is 38.6 Å². The molecule has 1 saturated heterocycles. The van der Waals surface area contributed by atoms with E-state index in [1.807, 2.05) is 29.2 Å². The third kappa shape index (κ3) is 3.83. The zero-order chi connectivity index (χ0) is 19.0. The van der Waals surface area contributed by atoms with Crippen LogP contribution in [0.3, 0.4) is 0 Å². The molecule has 1 aliphatic rings. The molecule has 6 heteroatoms. The number of fused-ring (bicyclic) bond motifs is 1. The molecule has 4 rings (SSSR count). The maximum absolute atomic E-state index is 12.6. The van der Waals surface area contributed by atoms with Gasteiger partial charge in [-0.15, -0.1) is 0 Å². The fraction of sp³-hybridized carbons (Fsp3) is 0.333. The third-order valence-corrected chi connectivity index (χ3v) is 5.59. The molecule has 140 valence electrons. The van der Waals surface area contributed by atoms with Crippen molar-refractivity contribution in [2.24, 2.45) is 0 Å². The molecule has 0 radical (unpaired) electrons. The fourth-order valence-electron chi connectivity index (χ4n) is 3.59. The van der Waals surface area contributed by atoms with Crippen molar-refractivity contribution in [3.8, 4) is 11.5 Å². The van der Waals surface area contributed by atoms with Gasteiger partial charge in [-0.05, 0) is 56.0 Å². The minimum absolute atomic E-state index is 0.193. The Morgan fingerprint density at radius 3 is 2.74 bits per heavy atom. The van der Waals surface area contributed by atoms with Gasteiger partial charge in [0.1, 0.15) is 5.52 Å². The molecule has 0 saturated carbocycles. The Bertz CT molecular complexity index is 982. The maximum atomic E-state index is 12.6. The Morgan fingerprint density at radius 2 is 2.00 bits per heavy atom. The van der Waals surface area contributed by atoms with Gasteiger partial charge < -0.3 is 9.32 Å². The standard InChI is InChI=1S/C21H20Cl2N2O2/c1-13-4-2-3-9-25(13)19(26)10-14-5-7-15(8-6-14)21-24-18-12-16(22)11-17(23)20(18)27-21/h5-8,11-13H,2-4,9-10H2,1H3. The van der Waals surface area contributed by atoms with E-state index in [2.05, 4.69) is 11.9 Å². The predicted octanol–water partition coefficient (Wildman–Crippen LogP) is 5.75. The Hall–Kier alpha value is -2.04. The molecule has 1 atom stereocenters. The summed E-state index contributed by atoms with van der Waals surface area (Å²) in [6.45, 7) is 3.00. The van der Waals surface area contributed by atoms with Crippen LogP contribution < -0.4 is 0 Å². The van der Waals surface area contributed by atoms with Crippen molar-refractivity contribution in [3.63, 3.8) is 0 Å². The van der Waals surface area contributed by atoms with Gasteiger partial charge >= 0.3 is 0 Å². The Balaban J connectivity index is 1.52. The molecule has 27 heavy (non-hydrogen) atoms. The number of amides is 1. The minimum atomic E-state index is 0.193. The summed E-state index contributed by atoms with van der Waals surface area (Å²) in [5.41, 5.74) is 2.97. The van der Waals surface area contributed by atoms with Gasteiger partial charge in [-0.1, -0.05) is 35.3 Å². The number of hydrogen-bond acceptors (Lipinski definition) is 3. The zero-order valence-corrected chi connectivity index (χ0v) is 16.6. The highest BCUT2D eigenvalue weighted by Gasteiger charge is 2.23. The van der Waals surface area contributed by atoms with Crippen LogP contribution in [0, 0.1) is 0 Å². The lowest BCUT2D eigenvalue weighted by Crippen LogP contribution is -2.42. The molecule has 2 aromatic carbocycles. The lowest BCUT2D eigenvalue weighted by molar-refractivity contribution is -0.133. The van der Waals surface area contributed by atoms with Crippen LogP contribution in [0.2, 0.25) is 10.0 Å². The number of carbonyl (C=O) groups excluding carboxylic acids is 1. The highest BCUT2D eigenvalue weighted by molar-refractivity contribution is 6.38. The second kappa shape index (κ2) is 7.53. The molecular formula is C21H20Cl2N2O2. The summed E-state index contributed by atoms with van der Waals surface area (Å²) in [6, 6.07) is 11.4. The average Bonchev–Trinajstić information content (AvgIpc) is 3.07. The van der Waals surface area contributed by atoms with Gasteiger partial charge in [-0.2, -0.15) is 0 Å². The van der Waals surface area contributed by atoms with Crippen molar-refractivity contribution >= 4 is 40.2 Å². The van der Waals surface area contributed by atoms with Crippen molar-refractivity contribution in [1.82, 2.24) is 9.88 Å². The Morgan fingerprint density at radius 1 is 1.22 bits per heavy atom. The van der Waals surface area contributed by atoms with Crippen molar-refractivity contribution in [2.75, 3.05) is 6.54 Å². The van der Waals surface area contributed by atoms with Crippen molar-refractivity contribution in [1.29, 1.82) is 0 Å². The topological polar surface area (TPSA) is 46.3 Å². The molecule has 0 bridgehead atoms. The number of rotatable bonds is 3. The van der Waals surface area contributed by atoms with E-state index >= 15 is 0 Å². The number of piperidine rings is 1. The fourth-order valence-corrected chi connectivity index (χ4v) is 4.11. The largest absolute Gasteiger partial charge is 0.435 e. The molecule has 1 unspecified atom stereocenters. The number of carbonyl (C=O) groups is 1. The van der Waals surface area contributed by atoms with E-state index in [0.29, 0.717) is 39.5 Å².